The number of H-pyrrole nitrogens is 2. The molecule has 1 saturated heterocycles. The van der Waals surface area contributed by atoms with Crippen molar-refractivity contribution >= 4 is 0 Å². The van der Waals surface area contributed by atoms with E-state index in [1.165, 1.54) is 35.4 Å². The zero-order chi connectivity index (χ0) is 17.1. The number of imidazole rings is 1. The maximum atomic E-state index is 4.45. The van der Waals surface area contributed by atoms with Gasteiger partial charge in [0.15, 0.2) is 0 Å². The van der Waals surface area contributed by atoms with Gasteiger partial charge in [-0.2, -0.15) is 5.10 Å². The Morgan fingerprint density at radius 1 is 1.24 bits per heavy atom. The van der Waals surface area contributed by atoms with Gasteiger partial charge in [-0.05, 0) is 37.4 Å². The predicted octanol–water partition coefficient (Wildman–Crippen LogP) is 3.41. The summed E-state index contributed by atoms with van der Waals surface area (Å²) in [6.45, 7) is 5.23. The Kier molecular flexibility index (Phi) is 4.65. The van der Waals surface area contributed by atoms with Gasteiger partial charge in [0.05, 0.1) is 18.2 Å². The largest absolute Gasteiger partial charge is 0.348 e. The number of aryl methyl sites for hydroxylation is 1. The number of hydrogen-bond acceptors (Lipinski definition) is 3. The summed E-state index contributed by atoms with van der Waals surface area (Å²) < 4.78 is 0. The molecule has 2 aromatic heterocycles. The molecule has 1 atom stereocenters. The molecule has 3 aromatic rings. The molecule has 3 heterocycles. The lowest BCUT2D eigenvalue weighted by atomic mass is 9.90. The third-order valence-electron chi connectivity index (χ3n) is 5.21. The van der Waals surface area contributed by atoms with E-state index in [0.717, 1.165) is 31.7 Å². The van der Waals surface area contributed by atoms with Gasteiger partial charge in [0, 0.05) is 36.8 Å². The van der Waals surface area contributed by atoms with Gasteiger partial charge in [0.25, 0.3) is 0 Å². The average molecular weight is 335 g/mol. The molecule has 1 aromatic carbocycles. The molecule has 25 heavy (non-hydrogen) atoms. The van der Waals surface area contributed by atoms with Crippen molar-refractivity contribution in [3.8, 4) is 0 Å². The molecule has 0 bridgehead atoms. The fraction of sp³-hybridized carbons (Fsp3) is 0.400. The van der Waals surface area contributed by atoms with Crippen molar-refractivity contribution in [1.29, 1.82) is 0 Å². The van der Waals surface area contributed by atoms with Crippen molar-refractivity contribution in [2.24, 2.45) is 0 Å². The second-order valence-electron chi connectivity index (χ2n) is 7.02. The fourth-order valence-electron chi connectivity index (χ4n) is 3.82. The molecule has 5 heteroatoms. The molecule has 0 saturated carbocycles. The van der Waals surface area contributed by atoms with Gasteiger partial charge in [-0.3, -0.25) is 10.00 Å². The maximum absolute atomic E-state index is 4.45. The van der Waals surface area contributed by atoms with Crippen LogP contribution in [0.2, 0.25) is 0 Å². The number of rotatable bonds is 5. The van der Waals surface area contributed by atoms with Gasteiger partial charge in [0.2, 0.25) is 0 Å². The van der Waals surface area contributed by atoms with E-state index in [4.69, 9.17) is 0 Å². The second-order valence-corrected chi connectivity index (χ2v) is 7.02. The number of aromatic amines is 2. The highest BCUT2D eigenvalue weighted by Gasteiger charge is 2.25. The van der Waals surface area contributed by atoms with Gasteiger partial charge >= 0.3 is 0 Å². The van der Waals surface area contributed by atoms with E-state index >= 15 is 0 Å². The molecule has 130 valence electrons. The first-order valence-electron chi connectivity index (χ1n) is 9.07. The minimum Gasteiger partial charge on any atom is -0.348 e. The zero-order valence-electron chi connectivity index (χ0n) is 14.7. The van der Waals surface area contributed by atoms with Crippen molar-refractivity contribution in [1.82, 2.24) is 25.1 Å². The minimum atomic E-state index is 0.522. The number of benzene rings is 1. The van der Waals surface area contributed by atoms with Crippen LogP contribution in [-0.2, 0) is 13.0 Å². The normalized spacial score (nSPS) is 18.5. The molecule has 0 spiro atoms. The van der Waals surface area contributed by atoms with E-state index < -0.39 is 0 Å². The molecule has 0 aliphatic carbocycles. The van der Waals surface area contributed by atoms with E-state index in [1.807, 2.05) is 6.20 Å². The molecule has 4 rings (SSSR count). The SMILES string of the molecule is Cc1[nH]cnc1CN1CCC[C@@H](c2[nH]ncc2Cc2ccccc2)C1. The Bertz CT molecular complexity index is 804. The Hall–Kier alpha value is -2.40. The van der Waals surface area contributed by atoms with E-state index in [0.29, 0.717) is 5.92 Å². The quantitative estimate of drug-likeness (QED) is 0.751. The van der Waals surface area contributed by atoms with Crippen LogP contribution in [-0.4, -0.2) is 38.2 Å². The summed E-state index contributed by atoms with van der Waals surface area (Å²) in [5.41, 5.74) is 6.31. The summed E-state index contributed by atoms with van der Waals surface area (Å²) in [5, 5.41) is 7.64. The summed E-state index contributed by atoms with van der Waals surface area (Å²) in [6.07, 6.45) is 7.18. The van der Waals surface area contributed by atoms with E-state index in [2.05, 4.69) is 62.3 Å². The van der Waals surface area contributed by atoms with E-state index in [9.17, 15) is 0 Å². The van der Waals surface area contributed by atoms with Crippen LogP contribution in [0.1, 0.15) is 47.0 Å². The van der Waals surface area contributed by atoms with Crippen molar-refractivity contribution in [3.05, 3.63) is 71.1 Å². The summed E-state index contributed by atoms with van der Waals surface area (Å²) in [6, 6.07) is 10.6. The van der Waals surface area contributed by atoms with Crippen LogP contribution in [0.5, 0.6) is 0 Å². The zero-order valence-corrected chi connectivity index (χ0v) is 14.7. The second kappa shape index (κ2) is 7.23. The number of nitrogens with one attached hydrogen (secondary N) is 2. The number of hydrogen-bond donors (Lipinski definition) is 2. The Labute approximate surface area is 148 Å². The predicted molar refractivity (Wildman–Crippen MR) is 98.4 cm³/mol. The highest BCUT2D eigenvalue weighted by molar-refractivity contribution is 5.29. The number of aromatic nitrogens is 4. The average Bonchev–Trinajstić information content (AvgIpc) is 3.26. The molecule has 1 fully saturated rings. The van der Waals surface area contributed by atoms with Crippen molar-refractivity contribution in [3.63, 3.8) is 0 Å². The first-order chi connectivity index (χ1) is 12.3. The standard InChI is InChI=1S/C20H25N5/c1-15-19(22-14-21-15)13-25-9-5-8-17(12-25)20-18(11-23-24-20)10-16-6-3-2-4-7-16/h2-4,6-7,11,14,17H,5,8-10,12-13H2,1H3,(H,21,22)(H,23,24)/t17-/m1/s1. The molecule has 0 radical (unpaired) electrons. The number of piperidine rings is 1. The topological polar surface area (TPSA) is 60.6 Å². The third kappa shape index (κ3) is 3.66. The molecule has 0 unspecified atom stereocenters. The molecular weight excluding hydrogens is 310 g/mol. The highest BCUT2D eigenvalue weighted by atomic mass is 15.2. The minimum absolute atomic E-state index is 0.522. The van der Waals surface area contributed by atoms with Gasteiger partial charge in [-0.25, -0.2) is 4.98 Å². The van der Waals surface area contributed by atoms with Crippen LogP contribution in [0.25, 0.3) is 0 Å². The molecule has 1 aliphatic rings. The molecule has 5 nitrogen and oxygen atoms in total. The third-order valence-corrected chi connectivity index (χ3v) is 5.21. The Morgan fingerprint density at radius 2 is 2.12 bits per heavy atom. The van der Waals surface area contributed by atoms with Crippen LogP contribution in [0.4, 0.5) is 0 Å². The van der Waals surface area contributed by atoms with Crippen LogP contribution >= 0.6 is 0 Å². The van der Waals surface area contributed by atoms with Gasteiger partial charge in [0.1, 0.15) is 0 Å². The summed E-state index contributed by atoms with van der Waals surface area (Å²) in [4.78, 5) is 10.2. The molecule has 1 aliphatic heterocycles. The number of likely N-dealkylation sites (tertiary alicyclic amines) is 1. The van der Waals surface area contributed by atoms with Gasteiger partial charge in [-0.1, -0.05) is 30.3 Å². The Morgan fingerprint density at radius 3 is 2.92 bits per heavy atom. The smallest absolute Gasteiger partial charge is 0.0925 e. The van der Waals surface area contributed by atoms with E-state index in [1.54, 1.807) is 6.33 Å². The fourth-order valence-corrected chi connectivity index (χ4v) is 3.82. The molecule has 0 amide bonds. The van der Waals surface area contributed by atoms with Crippen molar-refractivity contribution in [2.75, 3.05) is 13.1 Å². The lowest BCUT2D eigenvalue weighted by Gasteiger charge is -2.32. The number of nitrogens with zero attached hydrogens (tertiary/aromatic N) is 3. The lowest BCUT2D eigenvalue weighted by Crippen LogP contribution is -2.34. The summed E-state index contributed by atoms with van der Waals surface area (Å²) in [7, 11) is 0. The van der Waals surface area contributed by atoms with Crippen LogP contribution in [0, 0.1) is 6.92 Å². The monoisotopic (exact) mass is 335 g/mol. The first-order valence-corrected chi connectivity index (χ1v) is 9.07. The highest BCUT2D eigenvalue weighted by Crippen LogP contribution is 2.29. The molecule has 2 N–H and O–H groups in total. The Balaban J connectivity index is 1.47. The van der Waals surface area contributed by atoms with Gasteiger partial charge in [-0.15, -0.1) is 0 Å². The van der Waals surface area contributed by atoms with Gasteiger partial charge < -0.3 is 4.98 Å². The van der Waals surface area contributed by atoms with Crippen molar-refractivity contribution in [2.45, 2.75) is 38.6 Å². The van der Waals surface area contributed by atoms with Crippen LogP contribution in [0.15, 0.2) is 42.9 Å². The van der Waals surface area contributed by atoms with E-state index in [-0.39, 0.29) is 0 Å². The molecular formula is C20H25N5. The van der Waals surface area contributed by atoms with Crippen molar-refractivity contribution < 1.29 is 0 Å². The first kappa shape index (κ1) is 16.1. The summed E-state index contributed by atoms with van der Waals surface area (Å²) >= 11 is 0. The van der Waals surface area contributed by atoms with Crippen LogP contribution in [0.3, 0.4) is 0 Å². The van der Waals surface area contributed by atoms with Crippen LogP contribution < -0.4 is 0 Å². The lowest BCUT2D eigenvalue weighted by molar-refractivity contribution is 0.196. The summed E-state index contributed by atoms with van der Waals surface area (Å²) in [5.74, 6) is 0.522. The maximum Gasteiger partial charge on any atom is 0.0925 e.